The highest BCUT2D eigenvalue weighted by Crippen LogP contribution is 2.32. The molecule has 2 rings (SSSR count). The van der Waals surface area contributed by atoms with Crippen LogP contribution in [0.4, 0.5) is 21.6 Å². The van der Waals surface area contributed by atoms with Gasteiger partial charge in [0.15, 0.2) is 11.6 Å². The molecule has 0 radical (unpaired) electrons. The van der Waals surface area contributed by atoms with E-state index in [2.05, 4.69) is 10.4 Å². The lowest BCUT2D eigenvalue weighted by molar-refractivity contribution is -0.384. The Balaban J connectivity index is 2.30. The molecule has 0 saturated carbocycles. The molecular formula is C12H14FN5O3. The predicted octanol–water partition coefficient (Wildman–Crippen LogP) is 1.67. The number of aryl methyl sites for hydroxylation is 1. The van der Waals surface area contributed by atoms with Crippen molar-refractivity contribution >= 4 is 17.2 Å². The Morgan fingerprint density at radius 1 is 1.57 bits per heavy atom. The third-order valence-corrected chi connectivity index (χ3v) is 3.00. The molecule has 1 aromatic heterocycles. The summed E-state index contributed by atoms with van der Waals surface area (Å²) in [6.45, 7) is 0.218. The number of nitrogens with one attached hydrogen (secondary N) is 1. The van der Waals surface area contributed by atoms with Crippen LogP contribution in [-0.2, 0) is 13.6 Å². The Morgan fingerprint density at radius 2 is 2.29 bits per heavy atom. The standard InChI is InChI=1S/C12H14FN5O3/c1-17-12(14)7(6-16-17)5-15-9-4-11(21-2)8(13)3-10(9)18(19)20/h3-4,6,15H,5,14H2,1-2H3. The quantitative estimate of drug-likeness (QED) is 0.641. The number of nitrogen functional groups attached to an aromatic ring is 1. The highest BCUT2D eigenvalue weighted by atomic mass is 19.1. The van der Waals surface area contributed by atoms with E-state index in [9.17, 15) is 14.5 Å². The SMILES string of the molecule is COc1cc(NCc2cnn(C)c2N)c([N+](=O)[O-])cc1F. The second-order valence-electron chi connectivity index (χ2n) is 4.29. The number of halogens is 1. The van der Waals surface area contributed by atoms with Crippen molar-refractivity contribution in [3.8, 4) is 5.75 Å². The van der Waals surface area contributed by atoms with E-state index in [4.69, 9.17) is 10.5 Å². The summed E-state index contributed by atoms with van der Waals surface area (Å²) in [6.07, 6.45) is 1.55. The van der Waals surface area contributed by atoms with Crippen LogP contribution in [0.25, 0.3) is 0 Å². The number of hydrogen-bond donors (Lipinski definition) is 2. The van der Waals surface area contributed by atoms with Crippen molar-refractivity contribution in [1.29, 1.82) is 0 Å². The van der Waals surface area contributed by atoms with Crippen molar-refractivity contribution < 1.29 is 14.1 Å². The molecule has 0 spiro atoms. The molecule has 0 aliphatic heterocycles. The molecule has 0 unspecified atom stereocenters. The summed E-state index contributed by atoms with van der Waals surface area (Å²) in [4.78, 5) is 10.3. The van der Waals surface area contributed by atoms with Gasteiger partial charge in [-0.1, -0.05) is 0 Å². The molecule has 9 heteroatoms. The van der Waals surface area contributed by atoms with Crippen LogP contribution in [0.15, 0.2) is 18.3 Å². The Bertz CT molecular complexity index is 686. The molecule has 0 amide bonds. The van der Waals surface area contributed by atoms with Crippen molar-refractivity contribution in [3.05, 3.63) is 39.8 Å². The fraction of sp³-hybridized carbons (Fsp3) is 0.250. The Labute approximate surface area is 119 Å². The zero-order chi connectivity index (χ0) is 15.6. The third-order valence-electron chi connectivity index (χ3n) is 3.00. The number of nitro groups is 1. The molecule has 21 heavy (non-hydrogen) atoms. The zero-order valence-corrected chi connectivity index (χ0v) is 11.5. The van der Waals surface area contributed by atoms with Crippen LogP contribution in [0, 0.1) is 15.9 Å². The van der Waals surface area contributed by atoms with E-state index in [1.54, 1.807) is 13.2 Å². The van der Waals surface area contributed by atoms with Crippen molar-refractivity contribution in [3.63, 3.8) is 0 Å². The van der Waals surface area contributed by atoms with Gasteiger partial charge in [0.2, 0.25) is 0 Å². The number of aromatic nitrogens is 2. The van der Waals surface area contributed by atoms with Gasteiger partial charge in [0.05, 0.1) is 24.3 Å². The summed E-state index contributed by atoms with van der Waals surface area (Å²) in [6, 6.07) is 2.05. The topological polar surface area (TPSA) is 108 Å². The highest BCUT2D eigenvalue weighted by Gasteiger charge is 2.19. The van der Waals surface area contributed by atoms with Gasteiger partial charge in [0.1, 0.15) is 11.5 Å². The maximum Gasteiger partial charge on any atom is 0.295 e. The minimum Gasteiger partial charge on any atom is -0.494 e. The number of nitrogens with two attached hydrogens (primary N) is 1. The molecule has 112 valence electrons. The van der Waals surface area contributed by atoms with Crippen molar-refractivity contribution in [2.45, 2.75) is 6.54 Å². The number of rotatable bonds is 5. The molecule has 8 nitrogen and oxygen atoms in total. The monoisotopic (exact) mass is 295 g/mol. The molecule has 1 aromatic carbocycles. The minimum absolute atomic E-state index is 0.0812. The fourth-order valence-corrected chi connectivity index (χ4v) is 1.81. The van der Waals surface area contributed by atoms with E-state index in [0.717, 1.165) is 6.07 Å². The van der Waals surface area contributed by atoms with Gasteiger partial charge in [-0.2, -0.15) is 5.10 Å². The summed E-state index contributed by atoms with van der Waals surface area (Å²) in [5.41, 5.74) is 6.22. The molecule has 2 aromatic rings. The lowest BCUT2D eigenvalue weighted by atomic mass is 10.2. The van der Waals surface area contributed by atoms with Gasteiger partial charge in [-0.15, -0.1) is 0 Å². The van der Waals surface area contributed by atoms with Gasteiger partial charge < -0.3 is 15.8 Å². The van der Waals surface area contributed by atoms with Gasteiger partial charge in [-0.3, -0.25) is 14.8 Å². The van der Waals surface area contributed by atoms with Crippen LogP contribution in [0.5, 0.6) is 5.75 Å². The van der Waals surface area contributed by atoms with E-state index in [1.807, 2.05) is 0 Å². The first-order valence-corrected chi connectivity index (χ1v) is 5.96. The van der Waals surface area contributed by atoms with Gasteiger partial charge in [0, 0.05) is 25.2 Å². The fourth-order valence-electron chi connectivity index (χ4n) is 1.81. The van der Waals surface area contributed by atoms with Crippen LogP contribution in [0.3, 0.4) is 0 Å². The Kier molecular flexibility index (Phi) is 3.92. The highest BCUT2D eigenvalue weighted by molar-refractivity contribution is 5.65. The Hall–Kier alpha value is -2.84. The molecular weight excluding hydrogens is 281 g/mol. The second kappa shape index (κ2) is 5.65. The zero-order valence-electron chi connectivity index (χ0n) is 11.5. The van der Waals surface area contributed by atoms with Crippen LogP contribution >= 0.6 is 0 Å². The summed E-state index contributed by atoms with van der Waals surface area (Å²) in [5, 5.41) is 17.8. The number of hydrogen-bond acceptors (Lipinski definition) is 6. The van der Waals surface area contributed by atoms with Crippen LogP contribution < -0.4 is 15.8 Å². The van der Waals surface area contributed by atoms with E-state index < -0.39 is 10.7 Å². The summed E-state index contributed by atoms with van der Waals surface area (Å²) in [7, 11) is 2.97. The van der Waals surface area contributed by atoms with E-state index in [1.165, 1.54) is 17.9 Å². The van der Waals surface area contributed by atoms with E-state index >= 15 is 0 Å². The van der Waals surface area contributed by atoms with E-state index in [-0.39, 0.29) is 23.7 Å². The smallest absolute Gasteiger partial charge is 0.295 e. The lowest BCUT2D eigenvalue weighted by Gasteiger charge is -2.09. The van der Waals surface area contributed by atoms with Gasteiger partial charge in [-0.25, -0.2) is 4.39 Å². The molecule has 0 aliphatic rings. The average Bonchev–Trinajstić information content (AvgIpc) is 2.77. The van der Waals surface area contributed by atoms with Crippen molar-refractivity contribution in [2.75, 3.05) is 18.2 Å². The molecule has 0 bridgehead atoms. The number of benzene rings is 1. The number of anilines is 2. The first-order chi connectivity index (χ1) is 9.93. The lowest BCUT2D eigenvalue weighted by Crippen LogP contribution is -2.06. The maximum atomic E-state index is 13.5. The van der Waals surface area contributed by atoms with Crippen molar-refractivity contribution in [1.82, 2.24) is 9.78 Å². The van der Waals surface area contributed by atoms with E-state index in [0.29, 0.717) is 11.4 Å². The largest absolute Gasteiger partial charge is 0.494 e. The number of methoxy groups -OCH3 is 1. The van der Waals surface area contributed by atoms with Crippen LogP contribution in [-0.4, -0.2) is 21.8 Å². The van der Waals surface area contributed by atoms with Crippen molar-refractivity contribution in [2.24, 2.45) is 7.05 Å². The normalized spacial score (nSPS) is 10.4. The third kappa shape index (κ3) is 2.86. The first-order valence-electron chi connectivity index (χ1n) is 5.96. The molecule has 1 heterocycles. The van der Waals surface area contributed by atoms with Crippen LogP contribution in [0.2, 0.25) is 0 Å². The molecule has 0 aliphatic carbocycles. The number of nitrogens with zero attached hydrogens (tertiary/aromatic N) is 3. The molecule has 3 N–H and O–H groups in total. The number of nitro benzene ring substituents is 1. The first kappa shape index (κ1) is 14.6. The van der Waals surface area contributed by atoms with Crippen LogP contribution in [0.1, 0.15) is 5.56 Å². The molecule has 0 fully saturated rings. The summed E-state index contributed by atoms with van der Waals surface area (Å²) >= 11 is 0. The Morgan fingerprint density at radius 3 is 2.81 bits per heavy atom. The number of ether oxygens (including phenoxy) is 1. The summed E-state index contributed by atoms with van der Waals surface area (Å²) in [5.74, 6) is -0.433. The maximum absolute atomic E-state index is 13.5. The molecule has 0 atom stereocenters. The second-order valence-corrected chi connectivity index (χ2v) is 4.29. The summed E-state index contributed by atoms with van der Waals surface area (Å²) < 4.78 is 19.8. The average molecular weight is 295 g/mol. The minimum atomic E-state index is -0.796. The predicted molar refractivity (Wildman–Crippen MR) is 74.6 cm³/mol. The van der Waals surface area contributed by atoms with Gasteiger partial charge in [-0.05, 0) is 0 Å². The van der Waals surface area contributed by atoms with Gasteiger partial charge in [0.25, 0.3) is 5.69 Å². The molecule has 0 saturated heterocycles. The van der Waals surface area contributed by atoms with Gasteiger partial charge >= 0.3 is 0 Å².